The Balaban J connectivity index is 1.77. The molecule has 1 aliphatic heterocycles. The number of aromatic nitrogens is 1. The number of imide groups is 1. The summed E-state index contributed by atoms with van der Waals surface area (Å²) in [4.78, 5) is 27.8. The smallest absolute Gasteiger partial charge is 0.293 e. The molecule has 0 N–H and O–H groups in total. The third-order valence-electron chi connectivity index (χ3n) is 6.37. The minimum atomic E-state index is -0.226. The number of nitrogens with zero attached hydrogens (tertiary/aromatic N) is 2. The number of hydrogen-bond donors (Lipinski definition) is 0. The highest BCUT2D eigenvalue weighted by Crippen LogP contribution is 2.40. The van der Waals surface area contributed by atoms with Crippen LogP contribution < -0.4 is 0 Å². The number of amides is 2. The Morgan fingerprint density at radius 1 is 0.889 bits per heavy atom. The van der Waals surface area contributed by atoms with Gasteiger partial charge in [0, 0.05) is 21.8 Å². The summed E-state index contributed by atoms with van der Waals surface area (Å²) in [5, 5.41) is -0.211. The van der Waals surface area contributed by atoms with E-state index in [2.05, 4.69) is 63.0 Å². The third-order valence-corrected chi connectivity index (χ3v) is 7.79. The van der Waals surface area contributed by atoms with Gasteiger partial charge in [0.15, 0.2) is 0 Å². The van der Waals surface area contributed by atoms with Crippen molar-refractivity contribution in [3.05, 3.63) is 106 Å². The van der Waals surface area contributed by atoms with Gasteiger partial charge in [-0.1, -0.05) is 83.5 Å². The van der Waals surface area contributed by atoms with Gasteiger partial charge in [-0.25, -0.2) is 0 Å². The Bertz CT molecular complexity index is 1440. The molecule has 1 atom stereocenters. The number of carbonyl (C=O) groups is 2. The van der Waals surface area contributed by atoms with Crippen molar-refractivity contribution >= 4 is 44.9 Å². The van der Waals surface area contributed by atoms with Gasteiger partial charge in [0.05, 0.1) is 16.3 Å². The zero-order chi connectivity index (χ0) is 25.2. The molecule has 1 aliphatic rings. The second-order valence-corrected chi connectivity index (χ2v) is 10.6. The second-order valence-electron chi connectivity index (χ2n) is 8.69. The van der Waals surface area contributed by atoms with Crippen molar-refractivity contribution in [2.45, 2.75) is 26.3 Å². The normalized spacial score (nSPS) is 15.6. The first-order valence-electron chi connectivity index (χ1n) is 11.9. The summed E-state index contributed by atoms with van der Waals surface area (Å²) in [6.07, 6.45) is 2.59. The van der Waals surface area contributed by atoms with Gasteiger partial charge in [-0.3, -0.25) is 14.5 Å². The molecular weight excluding hydrogens is 532 g/mol. The van der Waals surface area contributed by atoms with E-state index in [0.717, 1.165) is 56.4 Å². The van der Waals surface area contributed by atoms with E-state index < -0.39 is 0 Å². The first-order valence-corrected chi connectivity index (χ1v) is 13.5. The molecule has 1 saturated heterocycles. The van der Waals surface area contributed by atoms with Crippen LogP contribution in [0.5, 0.6) is 0 Å². The fraction of sp³-hybridized carbons (Fsp3) is 0.133. The minimum absolute atomic E-state index is 0.135. The number of rotatable bonds is 6. The molecule has 1 fully saturated rings. The molecule has 0 aliphatic carbocycles. The third kappa shape index (κ3) is 4.59. The molecule has 2 amide bonds. The zero-order valence-corrected chi connectivity index (χ0v) is 22.4. The van der Waals surface area contributed by atoms with E-state index in [0.29, 0.717) is 4.91 Å². The molecule has 6 heteroatoms. The van der Waals surface area contributed by atoms with E-state index in [-0.39, 0.29) is 17.2 Å². The molecule has 2 heterocycles. The van der Waals surface area contributed by atoms with Crippen LogP contribution in [0.2, 0.25) is 0 Å². The summed E-state index contributed by atoms with van der Waals surface area (Å²) >= 11 is 4.56. The molecule has 0 bridgehead atoms. The lowest BCUT2D eigenvalue weighted by Gasteiger charge is -2.19. The molecule has 0 spiro atoms. The SMILES string of the molecule is CC[C@H](C)N1C(=O)S/C(=C\c2cc(-c3ccccc3)n(-c3ccc(Br)cc3)c2-c2ccccc2)C1=O. The standard InChI is InChI=1S/C30H25BrN2O2S/c1-3-20(2)32-29(34)27(36-30(32)35)19-23-18-26(21-10-6-4-7-11-21)33(25-16-14-24(31)15-17-25)28(23)22-12-8-5-9-13-22/h4-20H,3H2,1-2H3/b27-19-/t20-/m0/s1. The van der Waals surface area contributed by atoms with Crippen molar-refractivity contribution in [1.29, 1.82) is 0 Å². The van der Waals surface area contributed by atoms with Gasteiger partial charge in [-0.15, -0.1) is 0 Å². The fourth-order valence-corrected chi connectivity index (χ4v) is 5.58. The largest absolute Gasteiger partial charge is 0.309 e. The van der Waals surface area contributed by atoms with Crippen LogP contribution >= 0.6 is 27.7 Å². The summed E-state index contributed by atoms with van der Waals surface area (Å²) in [5.41, 5.74) is 5.94. The number of carbonyl (C=O) groups excluding carboxylic acids is 2. The molecule has 4 aromatic rings. The predicted octanol–water partition coefficient (Wildman–Crippen LogP) is 8.41. The van der Waals surface area contributed by atoms with Gasteiger partial charge < -0.3 is 4.57 Å². The van der Waals surface area contributed by atoms with Crippen molar-refractivity contribution in [2.75, 3.05) is 0 Å². The monoisotopic (exact) mass is 556 g/mol. The van der Waals surface area contributed by atoms with Crippen molar-refractivity contribution in [3.63, 3.8) is 0 Å². The minimum Gasteiger partial charge on any atom is -0.309 e. The van der Waals surface area contributed by atoms with Crippen LogP contribution in [-0.2, 0) is 4.79 Å². The molecule has 36 heavy (non-hydrogen) atoms. The van der Waals surface area contributed by atoms with Crippen molar-refractivity contribution in [3.8, 4) is 28.2 Å². The molecule has 1 aromatic heterocycles. The quantitative estimate of drug-likeness (QED) is 0.224. The first-order chi connectivity index (χ1) is 17.5. The number of hydrogen-bond acceptors (Lipinski definition) is 3. The summed E-state index contributed by atoms with van der Waals surface area (Å²) in [6.45, 7) is 3.89. The number of thioether (sulfide) groups is 1. The lowest BCUT2D eigenvalue weighted by molar-refractivity contribution is -0.124. The molecule has 0 saturated carbocycles. The highest BCUT2D eigenvalue weighted by atomic mass is 79.9. The maximum Gasteiger partial charge on any atom is 0.293 e. The van der Waals surface area contributed by atoms with Gasteiger partial charge in [-0.05, 0) is 72.6 Å². The van der Waals surface area contributed by atoms with Crippen LogP contribution in [0.3, 0.4) is 0 Å². The van der Waals surface area contributed by atoms with E-state index in [4.69, 9.17) is 0 Å². The zero-order valence-electron chi connectivity index (χ0n) is 20.0. The topological polar surface area (TPSA) is 42.3 Å². The lowest BCUT2D eigenvalue weighted by Crippen LogP contribution is -2.36. The molecule has 5 rings (SSSR count). The maximum absolute atomic E-state index is 13.2. The van der Waals surface area contributed by atoms with Crippen molar-refractivity contribution < 1.29 is 9.59 Å². The van der Waals surface area contributed by atoms with E-state index in [1.165, 1.54) is 4.90 Å². The van der Waals surface area contributed by atoms with Crippen LogP contribution in [0.25, 0.3) is 34.3 Å². The van der Waals surface area contributed by atoms with Gasteiger partial charge in [0.1, 0.15) is 0 Å². The Morgan fingerprint density at radius 2 is 1.50 bits per heavy atom. The van der Waals surface area contributed by atoms with E-state index in [9.17, 15) is 9.59 Å². The summed E-state index contributed by atoms with van der Waals surface area (Å²) < 4.78 is 3.22. The van der Waals surface area contributed by atoms with Gasteiger partial charge in [0.2, 0.25) is 0 Å². The molecule has 4 nitrogen and oxygen atoms in total. The van der Waals surface area contributed by atoms with Crippen molar-refractivity contribution in [2.24, 2.45) is 0 Å². The average Bonchev–Trinajstić information content (AvgIpc) is 3.41. The van der Waals surface area contributed by atoms with Crippen LogP contribution in [0.15, 0.2) is 100 Å². The fourth-order valence-electron chi connectivity index (χ4n) is 4.39. The van der Waals surface area contributed by atoms with Gasteiger partial charge >= 0.3 is 0 Å². The average molecular weight is 558 g/mol. The molecule has 180 valence electrons. The van der Waals surface area contributed by atoms with Crippen LogP contribution in [-0.4, -0.2) is 26.7 Å². The summed E-state index contributed by atoms with van der Waals surface area (Å²) in [7, 11) is 0. The molecule has 3 aromatic carbocycles. The molecule has 0 unspecified atom stereocenters. The van der Waals surface area contributed by atoms with Crippen molar-refractivity contribution in [1.82, 2.24) is 9.47 Å². The van der Waals surface area contributed by atoms with Crippen LogP contribution in [0.1, 0.15) is 25.8 Å². The maximum atomic E-state index is 13.2. The Labute approximate surface area is 223 Å². The van der Waals surface area contributed by atoms with E-state index in [1.54, 1.807) is 0 Å². The van der Waals surface area contributed by atoms with E-state index in [1.807, 2.05) is 68.5 Å². The highest BCUT2D eigenvalue weighted by molar-refractivity contribution is 9.10. The van der Waals surface area contributed by atoms with Crippen LogP contribution in [0, 0.1) is 0 Å². The van der Waals surface area contributed by atoms with Crippen LogP contribution in [0.4, 0.5) is 4.79 Å². The highest BCUT2D eigenvalue weighted by Gasteiger charge is 2.38. The number of benzene rings is 3. The van der Waals surface area contributed by atoms with Gasteiger partial charge in [-0.2, -0.15) is 0 Å². The summed E-state index contributed by atoms with van der Waals surface area (Å²) in [5.74, 6) is -0.226. The second kappa shape index (κ2) is 10.3. The lowest BCUT2D eigenvalue weighted by atomic mass is 10.1. The predicted molar refractivity (Wildman–Crippen MR) is 152 cm³/mol. The molecular formula is C30H25BrN2O2S. The molecule has 0 radical (unpaired) electrons. The van der Waals surface area contributed by atoms with Gasteiger partial charge in [0.25, 0.3) is 11.1 Å². The number of halogens is 1. The first kappa shape index (κ1) is 24.3. The summed E-state index contributed by atoms with van der Waals surface area (Å²) in [6, 6.07) is 30.5. The Morgan fingerprint density at radius 3 is 2.11 bits per heavy atom. The Kier molecular flexibility index (Phi) is 6.99. The van der Waals surface area contributed by atoms with E-state index >= 15 is 0 Å². The Hall–Kier alpha value is -3.35.